The van der Waals surface area contributed by atoms with Crippen LogP contribution < -0.4 is 10.6 Å². The lowest BCUT2D eigenvalue weighted by molar-refractivity contribution is 0.140. The second kappa shape index (κ2) is 8.49. The van der Waals surface area contributed by atoms with E-state index in [0.29, 0.717) is 5.11 Å². The van der Waals surface area contributed by atoms with E-state index in [1.54, 1.807) is 0 Å². The van der Waals surface area contributed by atoms with Crippen LogP contribution in [0.5, 0.6) is 0 Å². The lowest BCUT2D eigenvalue weighted by atomic mass is 9.92. The molecule has 0 bridgehead atoms. The van der Waals surface area contributed by atoms with Gasteiger partial charge in [-0.1, -0.05) is 26.0 Å². The Kier molecular flexibility index (Phi) is 6.65. The molecule has 1 saturated heterocycles. The van der Waals surface area contributed by atoms with E-state index in [2.05, 4.69) is 48.4 Å². The van der Waals surface area contributed by atoms with E-state index in [9.17, 15) is 0 Å². The maximum Gasteiger partial charge on any atom is 0.170 e. The molecule has 2 atom stereocenters. The molecule has 0 aliphatic carbocycles. The zero-order valence-electron chi connectivity index (χ0n) is 14.1. The Morgan fingerprint density at radius 3 is 2.68 bits per heavy atom. The van der Waals surface area contributed by atoms with E-state index in [1.165, 1.54) is 25.1 Å². The maximum atomic E-state index is 5.35. The number of aryl methyl sites for hydroxylation is 1. The van der Waals surface area contributed by atoms with Crippen molar-refractivity contribution in [3.8, 4) is 0 Å². The summed E-state index contributed by atoms with van der Waals surface area (Å²) in [6.45, 7) is 11.4. The Morgan fingerprint density at radius 1 is 1.27 bits per heavy atom. The highest BCUT2D eigenvalue weighted by Gasteiger charge is 2.20. The number of nitrogens with one attached hydrogen (secondary N) is 2. The summed E-state index contributed by atoms with van der Waals surface area (Å²) in [5, 5.41) is 7.26. The fraction of sp³-hybridized carbons (Fsp3) is 0.611. The minimum atomic E-state index is 0.714. The van der Waals surface area contributed by atoms with Crippen LogP contribution in [0.4, 0.5) is 5.69 Å². The van der Waals surface area contributed by atoms with Gasteiger partial charge in [0.1, 0.15) is 0 Å². The number of hydrogen-bond acceptors (Lipinski definition) is 2. The topological polar surface area (TPSA) is 27.3 Å². The molecule has 22 heavy (non-hydrogen) atoms. The van der Waals surface area contributed by atoms with Crippen LogP contribution >= 0.6 is 12.2 Å². The predicted molar refractivity (Wildman–Crippen MR) is 99.4 cm³/mol. The maximum absolute atomic E-state index is 5.35. The Labute approximate surface area is 140 Å². The first kappa shape index (κ1) is 17.2. The van der Waals surface area contributed by atoms with Crippen molar-refractivity contribution in [3.63, 3.8) is 0 Å². The third kappa shape index (κ3) is 5.93. The standard InChI is InChI=1S/C18H29N3S/c1-14-6-4-7-17(11-14)20-18(22)19-8-5-9-21-12-15(2)10-16(3)13-21/h4,6-7,11,15-16H,5,8-10,12-13H2,1-3H3,(H2,19,20,22). The third-order valence-corrected chi connectivity index (χ3v) is 4.40. The molecule has 0 radical (unpaired) electrons. The summed E-state index contributed by atoms with van der Waals surface area (Å²) in [4.78, 5) is 2.59. The van der Waals surface area contributed by atoms with Crippen molar-refractivity contribution in [2.45, 2.75) is 33.6 Å². The van der Waals surface area contributed by atoms with Gasteiger partial charge < -0.3 is 15.5 Å². The number of piperidine rings is 1. The highest BCUT2D eigenvalue weighted by atomic mass is 32.1. The Morgan fingerprint density at radius 2 is 2.00 bits per heavy atom. The van der Waals surface area contributed by atoms with Crippen LogP contribution in [0.2, 0.25) is 0 Å². The highest BCUT2D eigenvalue weighted by Crippen LogP contribution is 2.20. The smallest absolute Gasteiger partial charge is 0.170 e. The first-order valence-electron chi connectivity index (χ1n) is 8.37. The van der Waals surface area contributed by atoms with E-state index < -0.39 is 0 Å². The molecule has 0 aromatic heterocycles. The molecule has 1 aliphatic rings. The number of nitrogens with zero attached hydrogens (tertiary/aromatic N) is 1. The molecule has 0 saturated carbocycles. The molecule has 0 amide bonds. The summed E-state index contributed by atoms with van der Waals surface area (Å²) in [7, 11) is 0. The molecule has 1 aliphatic heterocycles. The SMILES string of the molecule is Cc1cccc(NC(=S)NCCCN2CC(C)CC(C)C2)c1. The summed E-state index contributed by atoms with van der Waals surface area (Å²) in [6, 6.07) is 8.27. The minimum Gasteiger partial charge on any atom is -0.362 e. The third-order valence-electron chi connectivity index (χ3n) is 4.16. The average Bonchev–Trinajstić information content (AvgIpc) is 2.42. The van der Waals surface area contributed by atoms with E-state index >= 15 is 0 Å². The molecule has 1 heterocycles. The number of likely N-dealkylation sites (tertiary alicyclic amines) is 1. The number of anilines is 1. The minimum absolute atomic E-state index is 0.714. The van der Waals surface area contributed by atoms with Gasteiger partial charge in [0.25, 0.3) is 0 Å². The first-order chi connectivity index (χ1) is 10.5. The molecule has 3 nitrogen and oxygen atoms in total. The summed E-state index contributed by atoms with van der Waals surface area (Å²) >= 11 is 5.35. The highest BCUT2D eigenvalue weighted by molar-refractivity contribution is 7.80. The van der Waals surface area contributed by atoms with Gasteiger partial charge in [-0.25, -0.2) is 0 Å². The molecular weight excluding hydrogens is 290 g/mol. The molecule has 2 unspecified atom stereocenters. The number of rotatable bonds is 5. The van der Waals surface area contributed by atoms with Gasteiger partial charge in [0.2, 0.25) is 0 Å². The zero-order valence-corrected chi connectivity index (χ0v) is 14.9. The molecule has 0 spiro atoms. The van der Waals surface area contributed by atoms with Crippen LogP contribution in [0, 0.1) is 18.8 Å². The predicted octanol–water partition coefficient (Wildman–Crippen LogP) is 3.65. The fourth-order valence-electron chi connectivity index (χ4n) is 3.38. The van der Waals surface area contributed by atoms with Crippen LogP contribution in [-0.4, -0.2) is 36.2 Å². The van der Waals surface area contributed by atoms with Gasteiger partial charge in [0.15, 0.2) is 5.11 Å². The summed E-state index contributed by atoms with van der Waals surface area (Å²) < 4.78 is 0. The van der Waals surface area contributed by atoms with Crippen LogP contribution in [-0.2, 0) is 0 Å². The zero-order chi connectivity index (χ0) is 15.9. The van der Waals surface area contributed by atoms with Crippen LogP contribution in [0.1, 0.15) is 32.3 Å². The second-order valence-corrected chi connectivity index (χ2v) is 7.22. The monoisotopic (exact) mass is 319 g/mol. The van der Waals surface area contributed by atoms with Crippen molar-refractivity contribution >= 4 is 23.0 Å². The fourth-order valence-corrected chi connectivity index (χ4v) is 3.60. The van der Waals surface area contributed by atoms with Gasteiger partial charge in [-0.15, -0.1) is 0 Å². The van der Waals surface area contributed by atoms with E-state index in [4.69, 9.17) is 12.2 Å². The van der Waals surface area contributed by atoms with Crippen molar-refractivity contribution in [1.29, 1.82) is 0 Å². The van der Waals surface area contributed by atoms with Crippen LogP contribution in [0.25, 0.3) is 0 Å². The first-order valence-corrected chi connectivity index (χ1v) is 8.77. The molecule has 2 rings (SSSR count). The van der Waals surface area contributed by atoms with Gasteiger partial charge in [-0.05, 0) is 68.1 Å². The molecule has 4 heteroatoms. The lowest BCUT2D eigenvalue weighted by Crippen LogP contribution is -2.40. The van der Waals surface area contributed by atoms with Crippen molar-refractivity contribution in [1.82, 2.24) is 10.2 Å². The Balaban J connectivity index is 1.63. The van der Waals surface area contributed by atoms with Crippen molar-refractivity contribution in [2.75, 3.05) is 31.5 Å². The van der Waals surface area contributed by atoms with Crippen molar-refractivity contribution in [3.05, 3.63) is 29.8 Å². The van der Waals surface area contributed by atoms with Gasteiger partial charge in [0, 0.05) is 25.3 Å². The van der Waals surface area contributed by atoms with Crippen molar-refractivity contribution in [2.24, 2.45) is 11.8 Å². The van der Waals surface area contributed by atoms with Crippen LogP contribution in [0.3, 0.4) is 0 Å². The molecule has 2 N–H and O–H groups in total. The molecule has 1 aromatic carbocycles. The molecule has 122 valence electrons. The second-order valence-electron chi connectivity index (χ2n) is 6.81. The van der Waals surface area contributed by atoms with Crippen molar-refractivity contribution < 1.29 is 0 Å². The van der Waals surface area contributed by atoms with E-state index in [1.807, 2.05) is 12.1 Å². The quantitative estimate of drug-likeness (QED) is 0.640. The van der Waals surface area contributed by atoms with Gasteiger partial charge in [-0.2, -0.15) is 0 Å². The number of hydrogen-bond donors (Lipinski definition) is 2. The Bertz CT molecular complexity index is 479. The average molecular weight is 320 g/mol. The number of thiocarbonyl (C=S) groups is 1. The summed E-state index contributed by atoms with van der Waals surface area (Å²) in [5.74, 6) is 1.67. The molecule has 1 fully saturated rings. The number of benzene rings is 1. The van der Waals surface area contributed by atoms with Gasteiger partial charge >= 0.3 is 0 Å². The largest absolute Gasteiger partial charge is 0.362 e. The lowest BCUT2D eigenvalue weighted by Gasteiger charge is -2.35. The summed E-state index contributed by atoms with van der Waals surface area (Å²) in [6.07, 6.45) is 2.51. The van der Waals surface area contributed by atoms with Crippen LogP contribution in [0.15, 0.2) is 24.3 Å². The summed E-state index contributed by atoms with van der Waals surface area (Å²) in [5.41, 5.74) is 2.29. The van der Waals surface area contributed by atoms with E-state index in [-0.39, 0.29) is 0 Å². The molecule has 1 aromatic rings. The van der Waals surface area contributed by atoms with E-state index in [0.717, 1.165) is 37.0 Å². The normalized spacial score (nSPS) is 22.3. The van der Waals surface area contributed by atoms with Gasteiger partial charge in [-0.3, -0.25) is 0 Å². The molecular formula is C18H29N3S. The van der Waals surface area contributed by atoms with Gasteiger partial charge in [0.05, 0.1) is 0 Å². The Hall–Kier alpha value is -1.13.